The standard InChI is InChI=1S/C26H22BrClIN3O2/c1-3-16(2)25-31-23-10-9-19(27)13-20(23)26(33)32(25)30-14-17-8-11-24(22(29)12-17)34-15-18-6-4-5-7-21(18)28/h4-14,16H,3,15H2,1-2H3/t16-/m1/s1. The molecule has 0 amide bonds. The average molecular weight is 651 g/mol. The number of fused-ring (bicyclic) bond motifs is 1. The molecule has 8 heteroatoms. The van der Waals surface area contributed by atoms with Crippen molar-refractivity contribution >= 4 is 67.2 Å². The molecule has 0 aliphatic rings. The monoisotopic (exact) mass is 649 g/mol. The van der Waals surface area contributed by atoms with Crippen LogP contribution < -0.4 is 10.3 Å². The molecule has 34 heavy (non-hydrogen) atoms. The van der Waals surface area contributed by atoms with Gasteiger partial charge in [0, 0.05) is 21.0 Å². The van der Waals surface area contributed by atoms with E-state index in [4.69, 9.17) is 21.3 Å². The van der Waals surface area contributed by atoms with Crippen molar-refractivity contribution in [3.8, 4) is 5.75 Å². The first-order chi connectivity index (χ1) is 16.4. The van der Waals surface area contributed by atoms with Gasteiger partial charge in [0.05, 0.1) is 20.7 Å². The van der Waals surface area contributed by atoms with Crippen molar-refractivity contribution in [2.75, 3.05) is 0 Å². The normalized spacial score (nSPS) is 12.4. The Morgan fingerprint density at radius 2 is 2.00 bits per heavy atom. The van der Waals surface area contributed by atoms with Crippen LogP contribution in [0.5, 0.6) is 5.75 Å². The highest BCUT2D eigenvalue weighted by Gasteiger charge is 2.15. The summed E-state index contributed by atoms with van der Waals surface area (Å²) >= 11 is 11.9. The molecule has 0 bridgehead atoms. The fourth-order valence-electron chi connectivity index (χ4n) is 3.39. The lowest BCUT2D eigenvalue weighted by molar-refractivity contribution is 0.304. The van der Waals surface area contributed by atoms with E-state index in [-0.39, 0.29) is 11.5 Å². The third kappa shape index (κ3) is 5.53. The molecular weight excluding hydrogens is 629 g/mol. The highest BCUT2D eigenvalue weighted by Crippen LogP contribution is 2.25. The van der Waals surface area contributed by atoms with Crippen molar-refractivity contribution in [3.05, 3.63) is 101 Å². The first kappa shape index (κ1) is 24.9. The van der Waals surface area contributed by atoms with E-state index in [1.54, 1.807) is 12.3 Å². The van der Waals surface area contributed by atoms with E-state index < -0.39 is 0 Å². The number of aromatic nitrogens is 2. The summed E-state index contributed by atoms with van der Waals surface area (Å²) in [6.07, 6.45) is 2.53. The third-order valence-corrected chi connectivity index (χ3v) is 7.21. The summed E-state index contributed by atoms with van der Waals surface area (Å²) in [7, 11) is 0. The fraction of sp³-hybridized carbons (Fsp3) is 0.192. The number of halogens is 3. The van der Waals surface area contributed by atoms with E-state index in [0.29, 0.717) is 28.4 Å². The first-order valence-electron chi connectivity index (χ1n) is 10.8. The summed E-state index contributed by atoms with van der Waals surface area (Å²) < 4.78 is 9.13. The number of benzene rings is 3. The topological polar surface area (TPSA) is 56.5 Å². The molecule has 0 saturated heterocycles. The molecule has 1 heterocycles. The SMILES string of the molecule is CC[C@@H](C)c1nc2ccc(Br)cc2c(=O)n1N=Cc1ccc(OCc2ccccc2Cl)c(I)c1. The Labute approximate surface area is 225 Å². The molecule has 0 N–H and O–H groups in total. The summed E-state index contributed by atoms with van der Waals surface area (Å²) in [6.45, 7) is 4.50. The predicted molar refractivity (Wildman–Crippen MR) is 150 cm³/mol. The van der Waals surface area contributed by atoms with E-state index >= 15 is 0 Å². The molecule has 174 valence electrons. The molecule has 0 radical (unpaired) electrons. The second-order valence-electron chi connectivity index (χ2n) is 7.87. The lowest BCUT2D eigenvalue weighted by Crippen LogP contribution is -2.23. The Bertz CT molecular complexity index is 1440. The van der Waals surface area contributed by atoms with Crippen LogP contribution in [0.25, 0.3) is 10.9 Å². The van der Waals surface area contributed by atoms with Crippen molar-refractivity contribution in [3.63, 3.8) is 0 Å². The molecular formula is C26H22BrClIN3O2. The summed E-state index contributed by atoms with van der Waals surface area (Å²) in [5.41, 5.74) is 2.26. The smallest absolute Gasteiger partial charge is 0.282 e. The molecule has 0 spiro atoms. The van der Waals surface area contributed by atoms with Gasteiger partial charge in [-0.05, 0) is 77.0 Å². The van der Waals surface area contributed by atoms with Gasteiger partial charge in [-0.2, -0.15) is 9.78 Å². The van der Waals surface area contributed by atoms with Crippen molar-refractivity contribution in [1.29, 1.82) is 0 Å². The zero-order chi connectivity index (χ0) is 24.2. The van der Waals surface area contributed by atoms with E-state index in [2.05, 4.69) is 50.5 Å². The Morgan fingerprint density at radius 3 is 2.74 bits per heavy atom. The van der Waals surface area contributed by atoms with Gasteiger partial charge in [-0.1, -0.05) is 59.6 Å². The van der Waals surface area contributed by atoms with Gasteiger partial charge >= 0.3 is 0 Å². The van der Waals surface area contributed by atoms with E-state index in [0.717, 1.165) is 31.3 Å². The van der Waals surface area contributed by atoms with Gasteiger partial charge in [-0.15, -0.1) is 0 Å². The van der Waals surface area contributed by atoms with Crippen LogP contribution in [0.1, 0.15) is 43.1 Å². The van der Waals surface area contributed by atoms with Crippen LogP contribution in [0.3, 0.4) is 0 Å². The highest BCUT2D eigenvalue weighted by atomic mass is 127. The van der Waals surface area contributed by atoms with Gasteiger partial charge in [0.2, 0.25) is 0 Å². The first-order valence-corrected chi connectivity index (χ1v) is 13.0. The minimum Gasteiger partial charge on any atom is -0.488 e. The molecule has 0 fully saturated rings. The Balaban J connectivity index is 1.63. The highest BCUT2D eigenvalue weighted by molar-refractivity contribution is 14.1. The van der Waals surface area contributed by atoms with Gasteiger partial charge in [-0.3, -0.25) is 4.79 Å². The van der Waals surface area contributed by atoms with Crippen LogP contribution in [0.4, 0.5) is 0 Å². The number of hydrogen-bond acceptors (Lipinski definition) is 4. The number of hydrogen-bond donors (Lipinski definition) is 0. The van der Waals surface area contributed by atoms with Crippen LogP contribution in [0.2, 0.25) is 5.02 Å². The maximum Gasteiger partial charge on any atom is 0.282 e. The minimum atomic E-state index is -0.188. The van der Waals surface area contributed by atoms with Gasteiger partial charge < -0.3 is 4.74 Å². The number of nitrogens with zero attached hydrogens (tertiary/aromatic N) is 3. The number of rotatable bonds is 7. The molecule has 5 nitrogen and oxygen atoms in total. The van der Waals surface area contributed by atoms with Crippen molar-refractivity contribution in [2.24, 2.45) is 5.10 Å². The Hall–Kier alpha value is -2.23. The minimum absolute atomic E-state index is 0.0821. The molecule has 0 aliphatic carbocycles. The zero-order valence-electron chi connectivity index (χ0n) is 18.6. The second kappa shape index (κ2) is 11.0. The third-order valence-electron chi connectivity index (χ3n) is 5.51. The van der Waals surface area contributed by atoms with E-state index in [1.165, 1.54) is 4.68 Å². The molecule has 4 rings (SSSR count). The Kier molecular flexibility index (Phi) is 8.06. The molecule has 1 atom stereocenters. The van der Waals surface area contributed by atoms with Gasteiger partial charge in [0.15, 0.2) is 0 Å². The van der Waals surface area contributed by atoms with Crippen LogP contribution in [-0.4, -0.2) is 15.9 Å². The molecule has 3 aromatic carbocycles. The maximum atomic E-state index is 13.3. The quantitative estimate of drug-likeness (QED) is 0.155. The average Bonchev–Trinajstić information content (AvgIpc) is 2.83. The largest absolute Gasteiger partial charge is 0.488 e. The molecule has 4 aromatic rings. The van der Waals surface area contributed by atoms with Gasteiger partial charge in [-0.25, -0.2) is 4.98 Å². The summed E-state index contributed by atoms with van der Waals surface area (Å²) in [6, 6.07) is 18.9. The molecule has 0 aliphatic heterocycles. The van der Waals surface area contributed by atoms with Gasteiger partial charge in [0.1, 0.15) is 18.2 Å². The van der Waals surface area contributed by atoms with E-state index in [1.807, 2.05) is 61.5 Å². The van der Waals surface area contributed by atoms with E-state index in [9.17, 15) is 4.79 Å². The van der Waals surface area contributed by atoms with Crippen LogP contribution in [0.15, 0.2) is 75.0 Å². The molecule has 0 saturated carbocycles. The number of ether oxygens (including phenoxy) is 1. The predicted octanol–water partition coefficient (Wildman–Crippen LogP) is 7.39. The van der Waals surface area contributed by atoms with Crippen molar-refractivity contribution in [2.45, 2.75) is 32.8 Å². The van der Waals surface area contributed by atoms with Crippen LogP contribution in [0, 0.1) is 3.57 Å². The van der Waals surface area contributed by atoms with Crippen LogP contribution >= 0.6 is 50.1 Å². The zero-order valence-corrected chi connectivity index (χ0v) is 23.1. The Morgan fingerprint density at radius 1 is 1.21 bits per heavy atom. The lowest BCUT2D eigenvalue weighted by Gasteiger charge is -2.14. The second-order valence-corrected chi connectivity index (χ2v) is 10.4. The summed E-state index contributed by atoms with van der Waals surface area (Å²) in [5.74, 6) is 1.49. The van der Waals surface area contributed by atoms with Crippen LogP contribution in [-0.2, 0) is 6.61 Å². The molecule has 0 unspecified atom stereocenters. The maximum absolute atomic E-state index is 13.3. The van der Waals surface area contributed by atoms with Gasteiger partial charge in [0.25, 0.3) is 5.56 Å². The fourth-order valence-corrected chi connectivity index (χ4v) is 4.64. The molecule has 1 aromatic heterocycles. The summed E-state index contributed by atoms with van der Waals surface area (Å²) in [5, 5.41) is 5.75. The lowest BCUT2D eigenvalue weighted by atomic mass is 10.1. The van der Waals surface area contributed by atoms with Crippen molar-refractivity contribution in [1.82, 2.24) is 9.66 Å². The van der Waals surface area contributed by atoms with Crippen molar-refractivity contribution < 1.29 is 4.74 Å². The summed E-state index contributed by atoms with van der Waals surface area (Å²) in [4.78, 5) is 18.0.